The number of carbonyl (C=O) groups excluding carboxylic acids is 1. The van der Waals surface area contributed by atoms with E-state index in [-0.39, 0.29) is 11.3 Å². The minimum Gasteiger partial charge on any atom is -0.306 e. The minimum absolute atomic E-state index is 0.183. The zero-order valence-corrected chi connectivity index (χ0v) is 12.0. The summed E-state index contributed by atoms with van der Waals surface area (Å²) in [6.45, 7) is 0. The molecule has 0 radical (unpaired) electrons. The number of imidazole rings is 1. The van der Waals surface area contributed by atoms with E-state index < -0.39 is 11.7 Å². The Labute approximate surface area is 130 Å². The van der Waals surface area contributed by atoms with Crippen LogP contribution in [0.4, 0.5) is 4.39 Å². The highest BCUT2D eigenvalue weighted by molar-refractivity contribution is 6.30. The fourth-order valence-electron chi connectivity index (χ4n) is 1.88. The van der Waals surface area contributed by atoms with E-state index in [1.165, 1.54) is 24.4 Å². The maximum Gasteiger partial charge on any atom is 0.291 e. The molecule has 7 heteroatoms. The van der Waals surface area contributed by atoms with E-state index in [9.17, 15) is 9.18 Å². The number of benzene rings is 1. The average Bonchev–Trinajstić information content (AvgIpc) is 2.94. The Kier molecular flexibility index (Phi) is 3.84. The number of fused-ring (bicyclic) bond motifs is 1. The van der Waals surface area contributed by atoms with Crippen LogP contribution in [0.15, 0.2) is 53.9 Å². The Morgan fingerprint density at radius 3 is 3.05 bits per heavy atom. The lowest BCUT2D eigenvalue weighted by atomic mass is 10.2. The lowest BCUT2D eigenvalue weighted by Gasteiger charge is -1.98. The van der Waals surface area contributed by atoms with Crippen molar-refractivity contribution in [2.75, 3.05) is 0 Å². The van der Waals surface area contributed by atoms with Gasteiger partial charge in [0.15, 0.2) is 0 Å². The molecule has 1 amide bonds. The normalized spacial score (nSPS) is 11.2. The van der Waals surface area contributed by atoms with Gasteiger partial charge in [0.2, 0.25) is 0 Å². The fourth-order valence-corrected chi connectivity index (χ4v) is 2.06. The molecule has 3 rings (SSSR count). The average molecular weight is 317 g/mol. The molecule has 0 fully saturated rings. The second-order valence-corrected chi connectivity index (χ2v) is 4.89. The van der Waals surface area contributed by atoms with E-state index in [0.29, 0.717) is 10.7 Å². The predicted molar refractivity (Wildman–Crippen MR) is 81.7 cm³/mol. The molecule has 0 aliphatic rings. The Bertz CT molecular complexity index is 842. The van der Waals surface area contributed by atoms with Crippen molar-refractivity contribution < 1.29 is 9.18 Å². The Morgan fingerprint density at radius 1 is 1.36 bits per heavy atom. The van der Waals surface area contributed by atoms with Gasteiger partial charge in [0, 0.05) is 23.0 Å². The number of halogens is 2. The number of amides is 1. The molecule has 1 N–H and O–H groups in total. The van der Waals surface area contributed by atoms with Crippen molar-refractivity contribution in [3.8, 4) is 0 Å². The van der Waals surface area contributed by atoms with Gasteiger partial charge in [0.1, 0.15) is 17.2 Å². The molecule has 5 nitrogen and oxygen atoms in total. The standard InChI is InChI=1S/C15H10ClFN4O/c16-11-4-5-12(17)10(7-11)8-18-20-15(22)13-9-21-6-2-1-3-14(21)19-13/h1-9H,(H,20,22)/b18-8+. The van der Waals surface area contributed by atoms with Crippen LogP contribution in [0.3, 0.4) is 0 Å². The first kappa shape index (κ1) is 14.2. The van der Waals surface area contributed by atoms with Crippen LogP contribution in [-0.2, 0) is 0 Å². The van der Waals surface area contributed by atoms with Crippen molar-refractivity contribution in [1.29, 1.82) is 0 Å². The molecule has 0 unspecified atom stereocenters. The first-order valence-electron chi connectivity index (χ1n) is 6.36. The van der Waals surface area contributed by atoms with Crippen LogP contribution in [0, 0.1) is 5.82 Å². The van der Waals surface area contributed by atoms with Gasteiger partial charge in [-0.2, -0.15) is 5.10 Å². The molecule has 2 aromatic heterocycles. The quantitative estimate of drug-likeness (QED) is 0.596. The summed E-state index contributed by atoms with van der Waals surface area (Å²) in [6.07, 6.45) is 4.55. The van der Waals surface area contributed by atoms with Gasteiger partial charge < -0.3 is 4.40 Å². The molecule has 2 heterocycles. The highest BCUT2D eigenvalue weighted by atomic mass is 35.5. The third kappa shape index (κ3) is 2.96. The van der Waals surface area contributed by atoms with Crippen LogP contribution < -0.4 is 5.43 Å². The third-order valence-electron chi connectivity index (χ3n) is 2.92. The number of hydrogen-bond acceptors (Lipinski definition) is 3. The maximum atomic E-state index is 13.5. The number of nitrogens with zero attached hydrogens (tertiary/aromatic N) is 3. The number of hydrogen-bond donors (Lipinski definition) is 1. The molecule has 1 aromatic carbocycles. The SMILES string of the molecule is O=C(N/N=C/c1cc(Cl)ccc1F)c1cn2ccccc2n1. The summed E-state index contributed by atoms with van der Waals surface area (Å²) in [4.78, 5) is 16.1. The number of pyridine rings is 1. The monoisotopic (exact) mass is 316 g/mol. The van der Waals surface area contributed by atoms with E-state index in [2.05, 4.69) is 15.5 Å². The molecule has 0 aliphatic heterocycles. The predicted octanol–water partition coefficient (Wildman–Crippen LogP) is 2.89. The smallest absolute Gasteiger partial charge is 0.291 e. The molecule has 0 saturated heterocycles. The molecule has 0 aliphatic carbocycles. The summed E-state index contributed by atoms with van der Waals surface area (Å²) in [5, 5.41) is 4.10. The van der Waals surface area contributed by atoms with Gasteiger partial charge in [0.25, 0.3) is 5.91 Å². The summed E-state index contributed by atoms with van der Waals surface area (Å²) < 4.78 is 15.2. The van der Waals surface area contributed by atoms with Crippen LogP contribution in [0.1, 0.15) is 16.1 Å². The summed E-state index contributed by atoms with van der Waals surface area (Å²) >= 11 is 5.77. The maximum absolute atomic E-state index is 13.5. The van der Waals surface area contributed by atoms with Crippen LogP contribution >= 0.6 is 11.6 Å². The number of rotatable bonds is 3. The number of hydrazone groups is 1. The van der Waals surface area contributed by atoms with Gasteiger partial charge >= 0.3 is 0 Å². The molecule has 0 spiro atoms. The molecule has 3 aromatic rings. The Morgan fingerprint density at radius 2 is 2.23 bits per heavy atom. The Balaban J connectivity index is 1.74. The Hall–Kier alpha value is -2.73. The summed E-state index contributed by atoms with van der Waals surface area (Å²) in [6, 6.07) is 9.51. The van der Waals surface area contributed by atoms with Crippen molar-refractivity contribution in [2.24, 2.45) is 5.10 Å². The van der Waals surface area contributed by atoms with E-state index >= 15 is 0 Å². The van der Waals surface area contributed by atoms with Gasteiger partial charge in [-0.05, 0) is 30.3 Å². The van der Waals surface area contributed by atoms with E-state index in [1.807, 2.05) is 12.1 Å². The minimum atomic E-state index is -0.484. The summed E-state index contributed by atoms with van der Waals surface area (Å²) in [5.74, 6) is -0.961. The largest absolute Gasteiger partial charge is 0.306 e. The van der Waals surface area contributed by atoms with Crippen molar-refractivity contribution in [3.63, 3.8) is 0 Å². The van der Waals surface area contributed by atoms with Gasteiger partial charge in [0.05, 0.1) is 6.21 Å². The lowest BCUT2D eigenvalue weighted by molar-refractivity contribution is 0.0950. The highest BCUT2D eigenvalue weighted by Crippen LogP contribution is 2.13. The van der Waals surface area contributed by atoms with E-state index in [4.69, 9.17) is 11.6 Å². The zero-order valence-electron chi connectivity index (χ0n) is 11.2. The van der Waals surface area contributed by atoms with E-state index in [0.717, 1.165) is 0 Å². The first-order chi connectivity index (χ1) is 10.6. The topological polar surface area (TPSA) is 58.8 Å². The zero-order chi connectivity index (χ0) is 15.5. The van der Waals surface area contributed by atoms with Crippen LogP contribution in [0.2, 0.25) is 5.02 Å². The molecular formula is C15H10ClFN4O. The molecular weight excluding hydrogens is 307 g/mol. The van der Waals surface area contributed by atoms with Crippen molar-refractivity contribution in [3.05, 3.63) is 70.9 Å². The second kappa shape index (κ2) is 5.95. The molecule has 0 bridgehead atoms. The summed E-state index contributed by atoms with van der Waals surface area (Å²) in [5.41, 5.74) is 3.35. The number of aromatic nitrogens is 2. The molecule has 110 valence electrons. The van der Waals surface area contributed by atoms with Crippen molar-refractivity contribution >= 4 is 29.4 Å². The molecule has 0 atom stereocenters. The second-order valence-electron chi connectivity index (χ2n) is 4.46. The first-order valence-corrected chi connectivity index (χ1v) is 6.73. The highest BCUT2D eigenvalue weighted by Gasteiger charge is 2.09. The summed E-state index contributed by atoms with van der Waals surface area (Å²) in [7, 11) is 0. The van der Waals surface area contributed by atoms with E-state index in [1.54, 1.807) is 22.9 Å². The lowest BCUT2D eigenvalue weighted by Crippen LogP contribution is -2.18. The van der Waals surface area contributed by atoms with Gasteiger partial charge in [-0.25, -0.2) is 14.8 Å². The van der Waals surface area contributed by atoms with Crippen molar-refractivity contribution in [2.45, 2.75) is 0 Å². The van der Waals surface area contributed by atoms with Gasteiger partial charge in [-0.3, -0.25) is 4.79 Å². The van der Waals surface area contributed by atoms with Crippen molar-refractivity contribution in [1.82, 2.24) is 14.8 Å². The molecule has 22 heavy (non-hydrogen) atoms. The van der Waals surface area contributed by atoms with Crippen LogP contribution in [0.25, 0.3) is 5.65 Å². The van der Waals surface area contributed by atoms with Gasteiger partial charge in [-0.15, -0.1) is 0 Å². The fraction of sp³-hybridized carbons (Fsp3) is 0. The van der Waals surface area contributed by atoms with Crippen LogP contribution in [-0.4, -0.2) is 21.5 Å². The molecule has 0 saturated carbocycles. The third-order valence-corrected chi connectivity index (χ3v) is 3.16. The van der Waals surface area contributed by atoms with Gasteiger partial charge in [-0.1, -0.05) is 17.7 Å². The number of carbonyl (C=O) groups is 1. The van der Waals surface area contributed by atoms with Crippen LogP contribution in [0.5, 0.6) is 0 Å². The number of nitrogens with one attached hydrogen (secondary N) is 1.